The van der Waals surface area contributed by atoms with Gasteiger partial charge in [0.2, 0.25) is 0 Å². The van der Waals surface area contributed by atoms with Crippen LogP contribution in [0.3, 0.4) is 0 Å². The van der Waals surface area contributed by atoms with Gasteiger partial charge in [0.15, 0.2) is 0 Å². The average Bonchev–Trinajstić information content (AvgIpc) is 2.27. The number of nitrogens with one attached hydrogen (secondary N) is 1. The zero-order chi connectivity index (χ0) is 12.0. The van der Waals surface area contributed by atoms with Gasteiger partial charge in [-0.3, -0.25) is 0 Å². The van der Waals surface area contributed by atoms with Crippen molar-refractivity contribution < 1.29 is 0 Å². The predicted molar refractivity (Wildman–Crippen MR) is 71.9 cm³/mol. The molecule has 0 bridgehead atoms. The number of anilines is 2. The fourth-order valence-corrected chi connectivity index (χ4v) is 2.14. The van der Waals surface area contributed by atoms with Crippen LogP contribution in [0.2, 0.25) is 0 Å². The molecule has 0 aliphatic carbocycles. The van der Waals surface area contributed by atoms with Crippen LogP contribution in [0.4, 0.5) is 11.6 Å². The Bertz CT molecular complexity index is 330. The van der Waals surface area contributed by atoms with Gasteiger partial charge in [-0.05, 0) is 12.7 Å². The standard InChI is InChI=1S/C11H20N4S/c1-4-8(7-16-3)13-11-6-9(12)14-10(5-2)15-11/h6,8H,4-5,7H2,1-3H3,(H3,12,13,14,15). The molecule has 1 unspecified atom stereocenters. The van der Waals surface area contributed by atoms with E-state index in [4.69, 9.17) is 5.73 Å². The number of rotatable bonds is 6. The second-order valence-corrected chi connectivity index (χ2v) is 4.56. The lowest BCUT2D eigenvalue weighted by Crippen LogP contribution is -2.22. The molecule has 1 aromatic rings. The quantitative estimate of drug-likeness (QED) is 0.798. The maximum absolute atomic E-state index is 5.73. The van der Waals surface area contributed by atoms with Crippen molar-refractivity contribution in [3.8, 4) is 0 Å². The number of hydrogen-bond acceptors (Lipinski definition) is 5. The molecule has 1 rings (SSSR count). The highest BCUT2D eigenvalue weighted by Gasteiger charge is 2.07. The highest BCUT2D eigenvalue weighted by Crippen LogP contribution is 2.13. The van der Waals surface area contributed by atoms with Gasteiger partial charge in [-0.15, -0.1) is 0 Å². The first-order chi connectivity index (χ1) is 7.69. The van der Waals surface area contributed by atoms with E-state index in [1.165, 1.54) is 0 Å². The van der Waals surface area contributed by atoms with Crippen molar-refractivity contribution in [2.24, 2.45) is 0 Å². The van der Waals surface area contributed by atoms with Crippen molar-refractivity contribution in [2.75, 3.05) is 23.1 Å². The van der Waals surface area contributed by atoms with E-state index in [0.717, 1.165) is 30.2 Å². The van der Waals surface area contributed by atoms with Crippen molar-refractivity contribution in [3.63, 3.8) is 0 Å². The smallest absolute Gasteiger partial charge is 0.132 e. The van der Waals surface area contributed by atoms with Gasteiger partial charge in [0.05, 0.1) is 0 Å². The maximum Gasteiger partial charge on any atom is 0.132 e. The average molecular weight is 240 g/mol. The van der Waals surface area contributed by atoms with Crippen LogP contribution in [0.1, 0.15) is 26.1 Å². The fourth-order valence-electron chi connectivity index (χ4n) is 1.42. The van der Waals surface area contributed by atoms with Crippen LogP contribution in [-0.4, -0.2) is 28.0 Å². The molecular formula is C11H20N4S. The van der Waals surface area contributed by atoms with Gasteiger partial charge in [0.1, 0.15) is 17.5 Å². The van der Waals surface area contributed by atoms with Crippen LogP contribution in [0.25, 0.3) is 0 Å². The Morgan fingerprint density at radius 2 is 2.19 bits per heavy atom. The summed E-state index contributed by atoms with van der Waals surface area (Å²) in [5.74, 6) is 3.24. The summed E-state index contributed by atoms with van der Waals surface area (Å²) < 4.78 is 0. The number of nitrogen functional groups attached to an aromatic ring is 1. The molecule has 0 aliphatic rings. The normalized spacial score (nSPS) is 12.4. The third-order valence-corrected chi connectivity index (χ3v) is 3.06. The second kappa shape index (κ2) is 6.58. The van der Waals surface area contributed by atoms with E-state index < -0.39 is 0 Å². The SMILES string of the molecule is CCc1nc(N)cc(NC(CC)CSC)n1. The van der Waals surface area contributed by atoms with Crippen LogP contribution < -0.4 is 11.1 Å². The van der Waals surface area contributed by atoms with Crippen molar-refractivity contribution in [3.05, 3.63) is 11.9 Å². The number of hydrogen-bond donors (Lipinski definition) is 2. The molecule has 0 aromatic carbocycles. The van der Waals surface area contributed by atoms with Crippen molar-refractivity contribution in [1.82, 2.24) is 9.97 Å². The molecule has 1 aromatic heterocycles. The van der Waals surface area contributed by atoms with Gasteiger partial charge >= 0.3 is 0 Å². The fraction of sp³-hybridized carbons (Fsp3) is 0.636. The highest BCUT2D eigenvalue weighted by molar-refractivity contribution is 7.98. The van der Waals surface area contributed by atoms with Gasteiger partial charge in [-0.2, -0.15) is 11.8 Å². The van der Waals surface area contributed by atoms with E-state index in [1.54, 1.807) is 6.07 Å². The first kappa shape index (κ1) is 13.1. The van der Waals surface area contributed by atoms with Crippen molar-refractivity contribution in [1.29, 1.82) is 0 Å². The lowest BCUT2D eigenvalue weighted by molar-refractivity contribution is 0.766. The third-order valence-electron chi connectivity index (χ3n) is 2.32. The Hall–Kier alpha value is -0.970. The minimum Gasteiger partial charge on any atom is -0.384 e. The van der Waals surface area contributed by atoms with Crippen LogP contribution in [0.15, 0.2) is 6.07 Å². The van der Waals surface area contributed by atoms with E-state index >= 15 is 0 Å². The van der Waals surface area contributed by atoms with Gasteiger partial charge < -0.3 is 11.1 Å². The summed E-state index contributed by atoms with van der Waals surface area (Å²) in [5.41, 5.74) is 5.73. The summed E-state index contributed by atoms with van der Waals surface area (Å²) in [6, 6.07) is 2.23. The molecule has 16 heavy (non-hydrogen) atoms. The molecule has 3 N–H and O–H groups in total. The number of nitrogens with zero attached hydrogens (tertiary/aromatic N) is 2. The van der Waals surface area contributed by atoms with Crippen LogP contribution in [0.5, 0.6) is 0 Å². The summed E-state index contributed by atoms with van der Waals surface area (Å²) in [6.45, 7) is 4.19. The minimum atomic E-state index is 0.439. The predicted octanol–water partition coefficient (Wildman–Crippen LogP) is 2.17. The third kappa shape index (κ3) is 3.89. The largest absolute Gasteiger partial charge is 0.384 e. The molecule has 90 valence electrons. The van der Waals surface area contributed by atoms with Crippen LogP contribution in [-0.2, 0) is 6.42 Å². The summed E-state index contributed by atoms with van der Waals surface area (Å²) in [7, 11) is 0. The molecule has 0 aliphatic heterocycles. The number of aromatic nitrogens is 2. The Kier molecular flexibility index (Phi) is 5.38. The molecule has 0 amide bonds. The van der Waals surface area contributed by atoms with E-state index in [9.17, 15) is 0 Å². The molecule has 0 saturated heterocycles. The lowest BCUT2D eigenvalue weighted by atomic mass is 10.2. The minimum absolute atomic E-state index is 0.439. The second-order valence-electron chi connectivity index (χ2n) is 3.65. The molecular weight excluding hydrogens is 220 g/mol. The number of thioether (sulfide) groups is 1. The Morgan fingerprint density at radius 1 is 1.44 bits per heavy atom. The van der Waals surface area contributed by atoms with Gasteiger partial charge in [-0.1, -0.05) is 13.8 Å². The van der Waals surface area contributed by atoms with Gasteiger partial charge in [-0.25, -0.2) is 9.97 Å². The number of nitrogens with two attached hydrogens (primary N) is 1. The topological polar surface area (TPSA) is 63.8 Å². The molecule has 1 atom stereocenters. The highest BCUT2D eigenvalue weighted by atomic mass is 32.2. The molecule has 4 nitrogen and oxygen atoms in total. The summed E-state index contributed by atoms with van der Waals surface area (Å²) in [5, 5.41) is 3.39. The van der Waals surface area contributed by atoms with E-state index in [0.29, 0.717) is 11.9 Å². The van der Waals surface area contributed by atoms with Crippen LogP contribution in [0, 0.1) is 0 Å². The van der Waals surface area contributed by atoms with E-state index in [2.05, 4.69) is 28.5 Å². The Labute approximate surface area is 101 Å². The maximum atomic E-state index is 5.73. The first-order valence-corrected chi connectivity index (χ1v) is 6.97. The summed E-state index contributed by atoms with van der Waals surface area (Å²) in [4.78, 5) is 8.56. The van der Waals surface area contributed by atoms with Crippen molar-refractivity contribution >= 4 is 23.4 Å². The van der Waals surface area contributed by atoms with Gasteiger partial charge in [0, 0.05) is 24.3 Å². The van der Waals surface area contributed by atoms with Crippen LogP contribution >= 0.6 is 11.8 Å². The zero-order valence-electron chi connectivity index (χ0n) is 10.2. The van der Waals surface area contributed by atoms with E-state index in [-0.39, 0.29) is 0 Å². The lowest BCUT2D eigenvalue weighted by Gasteiger charge is -2.16. The van der Waals surface area contributed by atoms with E-state index in [1.807, 2.05) is 18.7 Å². The monoisotopic (exact) mass is 240 g/mol. The number of aryl methyl sites for hydroxylation is 1. The molecule has 0 spiro atoms. The van der Waals surface area contributed by atoms with Gasteiger partial charge in [0.25, 0.3) is 0 Å². The molecule has 5 heteroatoms. The first-order valence-electron chi connectivity index (χ1n) is 5.58. The molecule has 0 saturated carbocycles. The molecule has 0 radical (unpaired) electrons. The van der Waals surface area contributed by atoms with Crippen molar-refractivity contribution in [2.45, 2.75) is 32.7 Å². The molecule has 0 fully saturated rings. The summed E-state index contributed by atoms with van der Waals surface area (Å²) in [6.07, 6.45) is 3.99. The Balaban J connectivity index is 2.74. The zero-order valence-corrected chi connectivity index (χ0v) is 11.0. The Morgan fingerprint density at radius 3 is 2.75 bits per heavy atom. The summed E-state index contributed by atoms with van der Waals surface area (Å²) >= 11 is 1.83. The molecule has 1 heterocycles.